The first-order valence-corrected chi connectivity index (χ1v) is 7.56. The highest BCUT2D eigenvalue weighted by Crippen LogP contribution is 2.25. The lowest BCUT2D eigenvalue weighted by Gasteiger charge is -2.27. The Morgan fingerprint density at radius 2 is 1.91 bits per heavy atom. The molecule has 23 heavy (non-hydrogen) atoms. The van der Waals surface area contributed by atoms with Crippen molar-refractivity contribution >= 4 is 18.3 Å². The van der Waals surface area contributed by atoms with Crippen LogP contribution < -0.4 is 5.32 Å². The molecule has 2 heterocycles. The Bertz CT molecular complexity index is 654. The summed E-state index contributed by atoms with van der Waals surface area (Å²) in [6.07, 6.45) is 0.960. The second kappa shape index (κ2) is 8.13. The molecule has 1 aromatic heterocycles. The molecule has 0 spiro atoms. The summed E-state index contributed by atoms with van der Waals surface area (Å²) in [6, 6.07) is 10.1. The van der Waals surface area contributed by atoms with Crippen molar-refractivity contribution in [1.82, 2.24) is 10.2 Å². The number of carbonyl (C=O) groups excluding carboxylic acids is 1. The van der Waals surface area contributed by atoms with E-state index < -0.39 is 0 Å². The summed E-state index contributed by atoms with van der Waals surface area (Å²) < 4.78 is 19.4. The molecule has 3 rings (SSSR count). The fourth-order valence-electron chi connectivity index (χ4n) is 2.62. The van der Waals surface area contributed by atoms with Gasteiger partial charge in [-0.25, -0.2) is 4.39 Å². The molecule has 1 N–H and O–H groups in total. The van der Waals surface area contributed by atoms with Crippen molar-refractivity contribution < 1.29 is 13.6 Å². The maximum absolute atomic E-state index is 13.7. The van der Waals surface area contributed by atoms with Crippen LogP contribution in [0.3, 0.4) is 0 Å². The average molecular weight is 339 g/mol. The topological polar surface area (TPSA) is 45.5 Å². The van der Waals surface area contributed by atoms with Crippen molar-refractivity contribution in [3.05, 3.63) is 48.0 Å². The summed E-state index contributed by atoms with van der Waals surface area (Å²) in [5.74, 6) is 1.05. The standard InChI is InChI=1S/C17H19FN2O2.ClH/c18-15-4-2-1-3-14(15)16-7-5-13(22-16)6-8-17(21)20-11-9-19-10-12-20;/h1-5,7,19H,6,8-12H2;1H. The molecule has 0 unspecified atom stereocenters. The number of benzene rings is 1. The molecule has 0 aliphatic carbocycles. The molecule has 1 aromatic carbocycles. The van der Waals surface area contributed by atoms with Crippen molar-refractivity contribution in [1.29, 1.82) is 0 Å². The fraction of sp³-hybridized carbons (Fsp3) is 0.353. The Kier molecular flexibility index (Phi) is 6.19. The van der Waals surface area contributed by atoms with Crippen LogP contribution in [0.4, 0.5) is 4.39 Å². The van der Waals surface area contributed by atoms with E-state index in [9.17, 15) is 9.18 Å². The molecule has 0 radical (unpaired) electrons. The van der Waals surface area contributed by atoms with Crippen LogP contribution in [0.15, 0.2) is 40.8 Å². The molecule has 1 amide bonds. The molecule has 1 saturated heterocycles. The average Bonchev–Trinajstić information content (AvgIpc) is 3.02. The molecule has 124 valence electrons. The predicted octanol–water partition coefficient (Wildman–Crippen LogP) is 2.87. The number of rotatable bonds is 4. The molecular weight excluding hydrogens is 319 g/mol. The lowest BCUT2D eigenvalue weighted by molar-refractivity contribution is -0.131. The summed E-state index contributed by atoms with van der Waals surface area (Å²) >= 11 is 0. The minimum Gasteiger partial charge on any atom is -0.461 e. The Morgan fingerprint density at radius 3 is 2.65 bits per heavy atom. The van der Waals surface area contributed by atoms with Crippen LogP contribution >= 0.6 is 12.4 Å². The van der Waals surface area contributed by atoms with E-state index in [2.05, 4.69) is 5.32 Å². The summed E-state index contributed by atoms with van der Waals surface area (Å²) in [4.78, 5) is 14.0. The number of amides is 1. The number of hydrogen-bond donors (Lipinski definition) is 1. The molecule has 2 aromatic rings. The van der Waals surface area contributed by atoms with Crippen LogP contribution in [0.25, 0.3) is 11.3 Å². The number of furan rings is 1. The molecule has 0 bridgehead atoms. The van der Waals surface area contributed by atoms with Crippen LogP contribution in [0.2, 0.25) is 0 Å². The molecule has 0 saturated carbocycles. The minimum atomic E-state index is -0.305. The Morgan fingerprint density at radius 1 is 1.17 bits per heavy atom. The number of aryl methyl sites for hydroxylation is 1. The maximum atomic E-state index is 13.7. The number of carbonyl (C=O) groups is 1. The molecule has 4 nitrogen and oxygen atoms in total. The van der Waals surface area contributed by atoms with Crippen LogP contribution in [0.5, 0.6) is 0 Å². The first kappa shape index (κ1) is 17.5. The van der Waals surface area contributed by atoms with Gasteiger partial charge in [0, 0.05) is 39.0 Å². The second-order valence-electron chi connectivity index (χ2n) is 5.38. The highest BCUT2D eigenvalue weighted by Gasteiger charge is 2.16. The number of halogens is 2. The zero-order valence-electron chi connectivity index (χ0n) is 12.8. The van der Waals surface area contributed by atoms with Crippen molar-refractivity contribution in [3.63, 3.8) is 0 Å². The second-order valence-corrected chi connectivity index (χ2v) is 5.38. The summed E-state index contributed by atoms with van der Waals surface area (Å²) in [6.45, 7) is 3.22. The van der Waals surface area contributed by atoms with Crippen LogP contribution in [0.1, 0.15) is 12.2 Å². The van der Waals surface area contributed by atoms with Crippen LogP contribution in [-0.4, -0.2) is 37.0 Å². The number of piperazine rings is 1. The van der Waals surface area contributed by atoms with E-state index in [1.165, 1.54) is 6.07 Å². The van der Waals surface area contributed by atoms with Gasteiger partial charge in [0.05, 0.1) is 5.56 Å². The van der Waals surface area contributed by atoms with Gasteiger partial charge in [0.1, 0.15) is 17.3 Å². The third kappa shape index (κ3) is 4.33. The van der Waals surface area contributed by atoms with Crippen molar-refractivity contribution in [2.75, 3.05) is 26.2 Å². The Hall–Kier alpha value is -1.85. The highest BCUT2D eigenvalue weighted by molar-refractivity contribution is 5.85. The van der Waals surface area contributed by atoms with E-state index in [-0.39, 0.29) is 24.1 Å². The Balaban J connectivity index is 0.00000192. The van der Waals surface area contributed by atoms with Gasteiger partial charge in [0.2, 0.25) is 5.91 Å². The number of hydrogen-bond acceptors (Lipinski definition) is 3. The zero-order chi connectivity index (χ0) is 15.4. The van der Waals surface area contributed by atoms with Gasteiger partial charge in [-0.15, -0.1) is 12.4 Å². The maximum Gasteiger partial charge on any atom is 0.223 e. The van der Waals surface area contributed by atoms with Gasteiger partial charge >= 0.3 is 0 Å². The van der Waals surface area contributed by atoms with E-state index in [4.69, 9.17) is 4.42 Å². The first-order chi connectivity index (χ1) is 10.7. The molecule has 6 heteroatoms. The summed E-state index contributed by atoms with van der Waals surface area (Å²) in [5.41, 5.74) is 0.446. The molecule has 1 fully saturated rings. The zero-order valence-corrected chi connectivity index (χ0v) is 13.6. The Labute approximate surface area is 141 Å². The quantitative estimate of drug-likeness (QED) is 0.932. The van der Waals surface area contributed by atoms with Gasteiger partial charge in [-0.1, -0.05) is 12.1 Å². The van der Waals surface area contributed by atoms with E-state index in [1.807, 2.05) is 11.0 Å². The van der Waals surface area contributed by atoms with Crippen LogP contribution in [0, 0.1) is 5.82 Å². The van der Waals surface area contributed by atoms with E-state index >= 15 is 0 Å². The van der Waals surface area contributed by atoms with E-state index in [1.54, 1.807) is 24.3 Å². The predicted molar refractivity (Wildman–Crippen MR) is 89.1 cm³/mol. The lowest BCUT2D eigenvalue weighted by atomic mass is 10.1. The molecular formula is C17H20ClFN2O2. The van der Waals surface area contributed by atoms with Crippen LogP contribution in [-0.2, 0) is 11.2 Å². The summed E-state index contributed by atoms with van der Waals surface area (Å²) in [5, 5.41) is 3.22. The van der Waals surface area contributed by atoms with Gasteiger partial charge < -0.3 is 14.6 Å². The van der Waals surface area contributed by atoms with Gasteiger partial charge in [-0.05, 0) is 24.3 Å². The van der Waals surface area contributed by atoms with Crippen molar-refractivity contribution in [2.45, 2.75) is 12.8 Å². The number of nitrogens with one attached hydrogen (secondary N) is 1. The SMILES string of the molecule is Cl.O=C(CCc1ccc(-c2ccccc2F)o1)N1CCNCC1. The van der Waals surface area contributed by atoms with Crippen molar-refractivity contribution in [2.24, 2.45) is 0 Å². The normalized spacial score (nSPS) is 14.4. The van der Waals surface area contributed by atoms with Gasteiger partial charge in [0.25, 0.3) is 0 Å². The monoisotopic (exact) mass is 338 g/mol. The van der Waals surface area contributed by atoms with E-state index in [0.29, 0.717) is 29.9 Å². The first-order valence-electron chi connectivity index (χ1n) is 7.56. The largest absolute Gasteiger partial charge is 0.461 e. The molecule has 1 aliphatic heterocycles. The fourth-order valence-corrected chi connectivity index (χ4v) is 2.62. The van der Waals surface area contributed by atoms with Gasteiger partial charge in [0.15, 0.2) is 0 Å². The molecule has 1 aliphatic rings. The molecule has 0 atom stereocenters. The van der Waals surface area contributed by atoms with Gasteiger partial charge in [-0.2, -0.15) is 0 Å². The summed E-state index contributed by atoms with van der Waals surface area (Å²) in [7, 11) is 0. The minimum absolute atomic E-state index is 0. The third-order valence-electron chi connectivity index (χ3n) is 3.86. The lowest BCUT2D eigenvalue weighted by Crippen LogP contribution is -2.46. The highest BCUT2D eigenvalue weighted by atomic mass is 35.5. The van der Waals surface area contributed by atoms with E-state index in [0.717, 1.165) is 26.2 Å². The smallest absolute Gasteiger partial charge is 0.223 e. The third-order valence-corrected chi connectivity index (χ3v) is 3.86. The number of nitrogens with zero attached hydrogens (tertiary/aromatic N) is 1. The van der Waals surface area contributed by atoms with Gasteiger partial charge in [-0.3, -0.25) is 4.79 Å². The van der Waals surface area contributed by atoms with Crippen molar-refractivity contribution in [3.8, 4) is 11.3 Å².